The van der Waals surface area contributed by atoms with Gasteiger partial charge in [-0.1, -0.05) is 23.8 Å². The summed E-state index contributed by atoms with van der Waals surface area (Å²) < 4.78 is 0. The molecule has 0 radical (unpaired) electrons. The Bertz CT molecular complexity index is 609. The van der Waals surface area contributed by atoms with Crippen LogP contribution in [0.5, 0.6) is 0 Å². The van der Waals surface area contributed by atoms with Crippen LogP contribution >= 0.6 is 0 Å². The molecule has 5 nitrogen and oxygen atoms in total. The summed E-state index contributed by atoms with van der Waals surface area (Å²) in [4.78, 5) is 24.3. The lowest BCUT2D eigenvalue weighted by molar-refractivity contribution is -0.132. The lowest BCUT2D eigenvalue weighted by Gasteiger charge is -2.23. The second kappa shape index (κ2) is 7.79. The maximum absolute atomic E-state index is 12.4. The minimum Gasteiger partial charge on any atom is -0.391 e. The van der Waals surface area contributed by atoms with Crippen LogP contribution in [0.1, 0.15) is 43.4 Å². The Kier molecular flexibility index (Phi) is 5.99. The Morgan fingerprint density at radius 3 is 2.42 bits per heavy atom. The third-order valence-electron chi connectivity index (χ3n) is 4.42. The minimum absolute atomic E-state index is 0.00619. The fourth-order valence-electron chi connectivity index (χ4n) is 2.81. The molecule has 0 aliphatic heterocycles. The molecule has 1 aliphatic carbocycles. The number of rotatable bonds is 7. The van der Waals surface area contributed by atoms with Gasteiger partial charge in [0.1, 0.15) is 6.04 Å². The molecule has 1 aromatic rings. The predicted octanol–water partition coefficient (Wildman–Crippen LogP) is 1.63. The van der Waals surface area contributed by atoms with Crippen molar-refractivity contribution in [3.05, 3.63) is 34.9 Å². The third kappa shape index (κ3) is 5.06. The number of nitrogens with one attached hydrogen (secondary N) is 2. The van der Waals surface area contributed by atoms with Gasteiger partial charge >= 0.3 is 0 Å². The van der Waals surface area contributed by atoms with Crippen LogP contribution in [-0.2, 0) is 16.0 Å². The zero-order chi connectivity index (χ0) is 17.9. The van der Waals surface area contributed by atoms with Crippen LogP contribution in [0, 0.1) is 19.8 Å². The average molecular weight is 332 g/mol. The second-order valence-electron chi connectivity index (χ2n) is 7.04. The molecule has 2 rings (SSSR count). The Balaban J connectivity index is 1.93. The smallest absolute Gasteiger partial charge is 0.245 e. The largest absolute Gasteiger partial charge is 0.391 e. The summed E-state index contributed by atoms with van der Waals surface area (Å²) in [6, 6.07) is 5.27. The van der Waals surface area contributed by atoms with E-state index in [0.29, 0.717) is 6.42 Å². The molecular weight excluding hydrogens is 304 g/mol. The summed E-state index contributed by atoms with van der Waals surface area (Å²) in [5, 5.41) is 15.4. The number of carbonyl (C=O) groups excluding carboxylic acids is 2. The van der Waals surface area contributed by atoms with Gasteiger partial charge in [-0.25, -0.2) is 0 Å². The van der Waals surface area contributed by atoms with E-state index in [-0.39, 0.29) is 23.8 Å². The van der Waals surface area contributed by atoms with Gasteiger partial charge < -0.3 is 15.7 Å². The number of aryl methyl sites for hydroxylation is 2. The molecular formula is C19H28N2O3. The maximum Gasteiger partial charge on any atom is 0.245 e. The van der Waals surface area contributed by atoms with Crippen molar-refractivity contribution in [2.45, 2.75) is 65.1 Å². The van der Waals surface area contributed by atoms with E-state index in [2.05, 4.69) is 42.7 Å². The van der Waals surface area contributed by atoms with Crippen molar-refractivity contribution in [1.82, 2.24) is 10.6 Å². The first-order valence-corrected chi connectivity index (χ1v) is 8.63. The van der Waals surface area contributed by atoms with Gasteiger partial charge in [0, 0.05) is 12.0 Å². The molecule has 1 aliphatic rings. The van der Waals surface area contributed by atoms with Crippen molar-refractivity contribution in [2.75, 3.05) is 0 Å². The molecule has 1 saturated carbocycles. The van der Waals surface area contributed by atoms with Crippen molar-refractivity contribution >= 4 is 11.8 Å². The molecule has 0 heterocycles. The normalized spacial score (nSPS) is 17.7. The van der Waals surface area contributed by atoms with Gasteiger partial charge in [-0.15, -0.1) is 0 Å². The van der Waals surface area contributed by atoms with E-state index >= 15 is 0 Å². The molecule has 3 atom stereocenters. The molecule has 2 amide bonds. The molecule has 0 saturated heterocycles. The van der Waals surface area contributed by atoms with Crippen LogP contribution < -0.4 is 10.6 Å². The summed E-state index contributed by atoms with van der Waals surface area (Å²) in [5.41, 5.74) is 3.60. The average Bonchev–Trinajstić information content (AvgIpc) is 3.31. The first-order valence-electron chi connectivity index (χ1n) is 8.63. The molecule has 3 N–H and O–H groups in total. The van der Waals surface area contributed by atoms with Crippen LogP contribution in [0.2, 0.25) is 0 Å². The summed E-state index contributed by atoms with van der Waals surface area (Å²) in [5.74, 6) is -0.471. The fourth-order valence-corrected chi connectivity index (χ4v) is 2.81. The maximum atomic E-state index is 12.4. The Morgan fingerprint density at radius 1 is 1.21 bits per heavy atom. The molecule has 1 fully saturated rings. The first kappa shape index (κ1) is 18.5. The number of benzene rings is 1. The second-order valence-corrected chi connectivity index (χ2v) is 7.04. The van der Waals surface area contributed by atoms with Gasteiger partial charge in [0.25, 0.3) is 0 Å². The highest BCUT2D eigenvalue weighted by molar-refractivity contribution is 5.89. The summed E-state index contributed by atoms with van der Waals surface area (Å²) >= 11 is 0. The van der Waals surface area contributed by atoms with Crippen molar-refractivity contribution in [3.8, 4) is 0 Å². The number of hydrogen-bond acceptors (Lipinski definition) is 3. The van der Waals surface area contributed by atoms with Crippen LogP contribution in [0.25, 0.3) is 0 Å². The monoisotopic (exact) mass is 332 g/mol. The standard InChI is InChI=1S/C19H28N2O3/c1-11-5-6-16(12(2)9-11)10-13(3)20-19(24)17(14(4)22)21-18(23)15-7-8-15/h5-6,9,13-15,17,22H,7-8,10H2,1-4H3,(H,20,24)(H,21,23). The van der Waals surface area contributed by atoms with Crippen molar-refractivity contribution in [1.29, 1.82) is 0 Å². The number of hydrogen-bond donors (Lipinski definition) is 3. The topological polar surface area (TPSA) is 78.4 Å². The number of amides is 2. The van der Waals surface area contributed by atoms with Gasteiger partial charge in [-0.05, 0) is 58.1 Å². The molecule has 0 spiro atoms. The van der Waals surface area contributed by atoms with Crippen molar-refractivity contribution in [3.63, 3.8) is 0 Å². The first-order chi connectivity index (χ1) is 11.3. The molecule has 24 heavy (non-hydrogen) atoms. The summed E-state index contributed by atoms with van der Waals surface area (Å²) in [7, 11) is 0. The molecule has 3 unspecified atom stereocenters. The molecule has 1 aromatic carbocycles. The van der Waals surface area contributed by atoms with Gasteiger partial charge in [-0.3, -0.25) is 9.59 Å². The Labute approximate surface area is 143 Å². The molecule has 132 valence electrons. The van der Waals surface area contributed by atoms with E-state index < -0.39 is 12.1 Å². The minimum atomic E-state index is -0.930. The lowest BCUT2D eigenvalue weighted by atomic mass is 9.99. The lowest BCUT2D eigenvalue weighted by Crippen LogP contribution is -2.54. The molecule has 0 aromatic heterocycles. The fraction of sp³-hybridized carbons (Fsp3) is 0.579. The van der Waals surface area contributed by atoms with E-state index in [0.717, 1.165) is 12.8 Å². The van der Waals surface area contributed by atoms with E-state index in [1.54, 1.807) is 0 Å². The van der Waals surface area contributed by atoms with Gasteiger partial charge in [-0.2, -0.15) is 0 Å². The third-order valence-corrected chi connectivity index (χ3v) is 4.42. The van der Waals surface area contributed by atoms with Gasteiger partial charge in [0.15, 0.2) is 0 Å². The summed E-state index contributed by atoms with van der Waals surface area (Å²) in [6.07, 6.45) is 1.51. The number of carbonyl (C=O) groups is 2. The Morgan fingerprint density at radius 2 is 1.88 bits per heavy atom. The van der Waals surface area contributed by atoms with Crippen LogP contribution in [0.15, 0.2) is 18.2 Å². The number of aliphatic hydroxyl groups excluding tert-OH is 1. The molecule has 0 bridgehead atoms. The van der Waals surface area contributed by atoms with Crippen LogP contribution in [0.4, 0.5) is 0 Å². The summed E-state index contributed by atoms with van der Waals surface area (Å²) in [6.45, 7) is 7.56. The highest BCUT2D eigenvalue weighted by Crippen LogP contribution is 2.29. The van der Waals surface area contributed by atoms with Crippen molar-refractivity contribution in [2.24, 2.45) is 5.92 Å². The van der Waals surface area contributed by atoms with E-state index in [1.807, 2.05) is 6.92 Å². The SMILES string of the molecule is Cc1ccc(CC(C)NC(=O)C(NC(=O)C2CC2)C(C)O)c(C)c1. The highest BCUT2D eigenvalue weighted by atomic mass is 16.3. The van der Waals surface area contributed by atoms with Crippen LogP contribution in [-0.4, -0.2) is 35.1 Å². The zero-order valence-corrected chi connectivity index (χ0v) is 14.9. The van der Waals surface area contributed by atoms with Gasteiger partial charge in [0.05, 0.1) is 6.10 Å². The zero-order valence-electron chi connectivity index (χ0n) is 14.9. The van der Waals surface area contributed by atoms with Crippen LogP contribution in [0.3, 0.4) is 0 Å². The molecule has 5 heteroatoms. The van der Waals surface area contributed by atoms with E-state index in [1.165, 1.54) is 23.6 Å². The van der Waals surface area contributed by atoms with Crippen molar-refractivity contribution < 1.29 is 14.7 Å². The highest BCUT2D eigenvalue weighted by Gasteiger charge is 2.34. The number of aliphatic hydroxyl groups is 1. The quantitative estimate of drug-likeness (QED) is 0.710. The Hall–Kier alpha value is -1.88. The van der Waals surface area contributed by atoms with Gasteiger partial charge in [0.2, 0.25) is 11.8 Å². The van der Waals surface area contributed by atoms with E-state index in [9.17, 15) is 14.7 Å². The van der Waals surface area contributed by atoms with E-state index in [4.69, 9.17) is 0 Å². The predicted molar refractivity (Wildman–Crippen MR) is 93.6 cm³/mol.